The third-order valence-corrected chi connectivity index (χ3v) is 5.48. The molecule has 134 valence electrons. The Labute approximate surface area is 164 Å². The van der Waals surface area contributed by atoms with Gasteiger partial charge in [0.2, 0.25) is 0 Å². The quantitative estimate of drug-likeness (QED) is 0.496. The smallest absolute Gasteiger partial charge is 0.253 e. The first kappa shape index (κ1) is 18.8. The molecule has 0 N–H and O–H groups in total. The minimum absolute atomic E-state index is 0.0225. The minimum atomic E-state index is 0.0225. The van der Waals surface area contributed by atoms with Crippen LogP contribution in [0.3, 0.4) is 0 Å². The number of nitrogens with zero attached hydrogens (tertiary/aromatic N) is 1. The molecule has 3 aromatic rings. The number of benzene rings is 3. The Bertz CT molecular complexity index is 938. The molecular weight excluding hydrogens is 365 g/mol. The van der Waals surface area contributed by atoms with Gasteiger partial charge in [0.1, 0.15) is 0 Å². The second-order valence-electron chi connectivity index (χ2n) is 6.53. The fourth-order valence-electron chi connectivity index (χ4n) is 3.19. The van der Waals surface area contributed by atoms with E-state index in [2.05, 4.69) is 6.92 Å². The normalized spacial score (nSPS) is 12.2. The van der Waals surface area contributed by atoms with E-state index in [1.54, 1.807) is 4.90 Å². The summed E-state index contributed by atoms with van der Waals surface area (Å²) in [4.78, 5) is 14.6. The van der Waals surface area contributed by atoms with Crippen LogP contribution in [-0.4, -0.2) is 24.4 Å². The Balaban J connectivity index is 1.78. The predicted octanol–water partition coefficient (Wildman–Crippen LogP) is 6.41. The number of fused-ring (bicyclic) bond motifs is 1. The van der Waals surface area contributed by atoms with E-state index < -0.39 is 0 Å². The fourth-order valence-corrected chi connectivity index (χ4v) is 3.50. The number of hydrogen-bond acceptors (Lipinski definition) is 1. The summed E-state index contributed by atoms with van der Waals surface area (Å²) >= 11 is 12.2. The molecule has 2 nitrogen and oxygen atoms in total. The van der Waals surface area contributed by atoms with Crippen LogP contribution in [0.15, 0.2) is 60.7 Å². The van der Waals surface area contributed by atoms with Crippen molar-refractivity contribution >= 4 is 39.9 Å². The van der Waals surface area contributed by atoms with Crippen molar-refractivity contribution in [1.82, 2.24) is 4.90 Å². The van der Waals surface area contributed by atoms with Crippen molar-refractivity contribution in [2.45, 2.75) is 19.3 Å². The maximum Gasteiger partial charge on any atom is 0.253 e. The van der Waals surface area contributed by atoms with Gasteiger partial charge < -0.3 is 4.90 Å². The zero-order valence-corrected chi connectivity index (χ0v) is 16.4. The molecule has 1 atom stereocenters. The fraction of sp³-hybridized carbons (Fsp3) is 0.227. The molecule has 1 unspecified atom stereocenters. The van der Waals surface area contributed by atoms with Crippen LogP contribution >= 0.6 is 23.2 Å². The summed E-state index contributed by atoms with van der Waals surface area (Å²) in [7, 11) is 1.84. The highest BCUT2D eigenvalue weighted by Gasteiger charge is 2.18. The van der Waals surface area contributed by atoms with E-state index in [0.29, 0.717) is 22.2 Å². The van der Waals surface area contributed by atoms with Crippen LogP contribution < -0.4 is 0 Å². The monoisotopic (exact) mass is 385 g/mol. The lowest BCUT2D eigenvalue weighted by Gasteiger charge is -2.24. The van der Waals surface area contributed by atoms with Crippen molar-refractivity contribution in [3.8, 4) is 0 Å². The molecule has 0 saturated heterocycles. The molecule has 0 bridgehead atoms. The van der Waals surface area contributed by atoms with Crippen LogP contribution in [0.4, 0.5) is 0 Å². The summed E-state index contributed by atoms with van der Waals surface area (Å²) in [6.07, 6.45) is 0.910. The van der Waals surface area contributed by atoms with Crippen LogP contribution in [0.1, 0.15) is 35.2 Å². The topological polar surface area (TPSA) is 20.3 Å². The third kappa shape index (κ3) is 4.03. The average Bonchev–Trinajstić information content (AvgIpc) is 2.67. The van der Waals surface area contributed by atoms with E-state index >= 15 is 0 Å². The van der Waals surface area contributed by atoms with Gasteiger partial charge in [0.05, 0.1) is 10.0 Å². The van der Waals surface area contributed by atoms with Crippen molar-refractivity contribution < 1.29 is 4.79 Å². The third-order valence-electron chi connectivity index (χ3n) is 4.75. The first-order valence-corrected chi connectivity index (χ1v) is 9.44. The number of carbonyl (C=O) groups excluding carboxylic acids is 1. The van der Waals surface area contributed by atoms with Crippen LogP contribution in [-0.2, 0) is 0 Å². The molecule has 0 spiro atoms. The summed E-state index contributed by atoms with van der Waals surface area (Å²) in [6.45, 7) is 2.74. The average molecular weight is 386 g/mol. The molecule has 0 saturated carbocycles. The Hall–Kier alpha value is -2.03. The standard InChI is InChI=1S/C22H21Cl2NO/c1-3-15(18-10-11-20(23)21(24)13-18)14-25(2)22(26)19-9-8-16-6-4-5-7-17(16)12-19/h4-13,15H,3,14H2,1-2H3. The van der Waals surface area contributed by atoms with Gasteiger partial charge in [-0.3, -0.25) is 4.79 Å². The summed E-state index contributed by atoms with van der Waals surface area (Å²) < 4.78 is 0. The molecule has 1 amide bonds. The second-order valence-corrected chi connectivity index (χ2v) is 7.34. The van der Waals surface area contributed by atoms with Crippen molar-refractivity contribution in [2.75, 3.05) is 13.6 Å². The van der Waals surface area contributed by atoms with E-state index in [1.165, 1.54) is 0 Å². The van der Waals surface area contributed by atoms with Crippen molar-refractivity contribution in [2.24, 2.45) is 0 Å². The van der Waals surface area contributed by atoms with Gasteiger partial charge in [-0.1, -0.05) is 66.5 Å². The van der Waals surface area contributed by atoms with E-state index in [9.17, 15) is 4.79 Å². The number of likely N-dealkylation sites (N-methyl/N-ethyl adjacent to an activating group) is 1. The number of hydrogen-bond donors (Lipinski definition) is 0. The maximum atomic E-state index is 12.9. The highest BCUT2D eigenvalue weighted by Crippen LogP contribution is 2.29. The van der Waals surface area contributed by atoms with E-state index in [1.807, 2.05) is 67.7 Å². The van der Waals surface area contributed by atoms with Gasteiger partial charge in [-0.05, 0) is 47.0 Å². The van der Waals surface area contributed by atoms with Gasteiger partial charge in [-0.25, -0.2) is 0 Å². The first-order valence-electron chi connectivity index (χ1n) is 8.68. The van der Waals surface area contributed by atoms with Crippen LogP contribution in [0.2, 0.25) is 10.0 Å². The van der Waals surface area contributed by atoms with Gasteiger partial charge >= 0.3 is 0 Å². The lowest BCUT2D eigenvalue weighted by molar-refractivity contribution is 0.0785. The molecule has 0 aliphatic carbocycles. The lowest BCUT2D eigenvalue weighted by Crippen LogP contribution is -2.31. The molecule has 26 heavy (non-hydrogen) atoms. The Kier molecular flexibility index (Phi) is 5.85. The predicted molar refractivity (Wildman–Crippen MR) is 110 cm³/mol. The number of halogens is 2. The van der Waals surface area contributed by atoms with Crippen molar-refractivity contribution in [3.05, 3.63) is 81.8 Å². The Morgan fingerprint density at radius 3 is 2.38 bits per heavy atom. The molecule has 0 aliphatic rings. The highest BCUT2D eigenvalue weighted by molar-refractivity contribution is 6.42. The maximum absolute atomic E-state index is 12.9. The lowest BCUT2D eigenvalue weighted by atomic mass is 9.95. The minimum Gasteiger partial charge on any atom is -0.341 e. The van der Waals surface area contributed by atoms with Crippen molar-refractivity contribution in [1.29, 1.82) is 0 Å². The van der Waals surface area contributed by atoms with E-state index in [4.69, 9.17) is 23.2 Å². The zero-order chi connectivity index (χ0) is 18.7. The summed E-state index contributed by atoms with van der Waals surface area (Å²) in [6, 6.07) is 19.6. The van der Waals surface area contributed by atoms with Crippen LogP contribution in [0.25, 0.3) is 10.8 Å². The number of carbonyl (C=O) groups is 1. The highest BCUT2D eigenvalue weighted by atomic mass is 35.5. The molecule has 3 aromatic carbocycles. The molecular formula is C22H21Cl2NO. The largest absolute Gasteiger partial charge is 0.341 e. The molecule has 0 radical (unpaired) electrons. The van der Waals surface area contributed by atoms with Gasteiger partial charge in [0.15, 0.2) is 0 Å². The number of rotatable bonds is 5. The molecule has 0 aliphatic heterocycles. The summed E-state index contributed by atoms with van der Waals surface area (Å²) in [5.41, 5.74) is 1.80. The molecule has 4 heteroatoms. The van der Waals surface area contributed by atoms with Crippen LogP contribution in [0, 0.1) is 0 Å². The van der Waals surface area contributed by atoms with E-state index in [0.717, 1.165) is 22.8 Å². The van der Waals surface area contributed by atoms with Crippen molar-refractivity contribution in [3.63, 3.8) is 0 Å². The summed E-state index contributed by atoms with van der Waals surface area (Å²) in [5.74, 6) is 0.230. The van der Waals surface area contributed by atoms with Gasteiger partial charge in [0, 0.05) is 25.1 Å². The van der Waals surface area contributed by atoms with Gasteiger partial charge in [-0.15, -0.1) is 0 Å². The zero-order valence-electron chi connectivity index (χ0n) is 14.9. The van der Waals surface area contributed by atoms with Gasteiger partial charge in [0.25, 0.3) is 5.91 Å². The molecule has 0 aromatic heterocycles. The Morgan fingerprint density at radius 2 is 1.69 bits per heavy atom. The number of amides is 1. The first-order chi connectivity index (χ1) is 12.5. The SMILES string of the molecule is CCC(CN(C)C(=O)c1ccc2ccccc2c1)c1ccc(Cl)c(Cl)c1. The molecule has 0 fully saturated rings. The Morgan fingerprint density at radius 1 is 0.962 bits per heavy atom. The second kappa shape index (κ2) is 8.11. The van der Waals surface area contributed by atoms with E-state index in [-0.39, 0.29) is 11.8 Å². The van der Waals surface area contributed by atoms with Crippen LogP contribution in [0.5, 0.6) is 0 Å². The van der Waals surface area contributed by atoms with Gasteiger partial charge in [-0.2, -0.15) is 0 Å². The molecule has 0 heterocycles. The molecule has 3 rings (SSSR count). The summed E-state index contributed by atoms with van der Waals surface area (Å²) in [5, 5.41) is 3.30.